The lowest BCUT2D eigenvalue weighted by Gasteiger charge is -2.18. The predicted molar refractivity (Wildman–Crippen MR) is 80.6 cm³/mol. The number of amides is 1. The second-order valence-electron chi connectivity index (χ2n) is 4.59. The Balaban J connectivity index is 2.58. The molecule has 1 aromatic rings. The molecular formula is C15H24N2O3. The molecule has 0 radical (unpaired) electrons. The van der Waals surface area contributed by atoms with E-state index in [1.807, 2.05) is 19.2 Å². The Hall–Kier alpha value is -1.91. The van der Waals surface area contributed by atoms with Gasteiger partial charge in [0.05, 0.1) is 26.5 Å². The zero-order valence-electron chi connectivity index (χ0n) is 12.7. The van der Waals surface area contributed by atoms with Gasteiger partial charge in [-0.25, -0.2) is 0 Å². The molecule has 0 heterocycles. The van der Waals surface area contributed by atoms with Crippen LogP contribution in [0.3, 0.4) is 0 Å². The molecule has 0 saturated carbocycles. The molecule has 0 aliphatic heterocycles. The molecule has 0 fully saturated rings. The number of rotatable bonds is 8. The van der Waals surface area contributed by atoms with Gasteiger partial charge in [-0.05, 0) is 18.6 Å². The SMILES string of the molecule is CCCCN(C)C(=O)CNc1ccc(OC)cc1OC. The van der Waals surface area contributed by atoms with E-state index in [0.29, 0.717) is 5.75 Å². The fourth-order valence-corrected chi connectivity index (χ4v) is 1.77. The zero-order chi connectivity index (χ0) is 15.0. The Morgan fingerprint density at radius 1 is 1.30 bits per heavy atom. The first-order valence-corrected chi connectivity index (χ1v) is 6.82. The molecule has 0 bridgehead atoms. The maximum atomic E-state index is 11.9. The number of methoxy groups -OCH3 is 2. The van der Waals surface area contributed by atoms with Gasteiger partial charge in [0, 0.05) is 19.7 Å². The van der Waals surface area contributed by atoms with Gasteiger partial charge < -0.3 is 19.7 Å². The Bertz CT molecular complexity index is 435. The van der Waals surface area contributed by atoms with E-state index in [1.54, 1.807) is 25.2 Å². The minimum atomic E-state index is 0.0660. The monoisotopic (exact) mass is 280 g/mol. The highest BCUT2D eigenvalue weighted by atomic mass is 16.5. The fraction of sp³-hybridized carbons (Fsp3) is 0.533. The highest BCUT2D eigenvalue weighted by molar-refractivity contribution is 5.81. The van der Waals surface area contributed by atoms with Crippen LogP contribution in [0.1, 0.15) is 19.8 Å². The Labute approximate surface area is 120 Å². The number of hydrogen-bond donors (Lipinski definition) is 1. The van der Waals surface area contributed by atoms with Crippen LogP contribution in [0.25, 0.3) is 0 Å². The van der Waals surface area contributed by atoms with Crippen LogP contribution >= 0.6 is 0 Å². The summed E-state index contributed by atoms with van der Waals surface area (Å²) in [6.07, 6.45) is 2.10. The third-order valence-electron chi connectivity index (χ3n) is 3.11. The molecule has 5 nitrogen and oxygen atoms in total. The third kappa shape index (κ3) is 4.64. The molecule has 1 rings (SSSR count). The van der Waals surface area contributed by atoms with Crippen LogP contribution in [0.5, 0.6) is 11.5 Å². The first-order chi connectivity index (χ1) is 9.62. The predicted octanol–water partition coefficient (Wildman–Crippen LogP) is 2.37. The molecule has 20 heavy (non-hydrogen) atoms. The molecule has 1 amide bonds. The third-order valence-corrected chi connectivity index (χ3v) is 3.11. The van der Waals surface area contributed by atoms with Crippen LogP contribution in [0.15, 0.2) is 18.2 Å². The lowest BCUT2D eigenvalue weighted by Crippen LogP contribution is -2.32. The molecule has 0 saturated heterocycles. The van der Waals surface area contributed by atoms with Crippen LogP contribution in [0.4, 0.5) is 5.69 Å². The van der Waals surface area contributed by atoms with Gasteiger partial charge in [0.1, 0.15) is 11.5 Å². The molecule has 0 atom stereocenters. The summed E-state index contributed by atoms with van der Waals surface area (Å²) >= 11 is 0. The topological polar surface area (TPSA) is 50.8 Å². The van der Waals surface area contributed by atoms with Gasteiger partial charge in [-0.15, -0.1) is 0 Å². The van der Waals surface area contributed by atoms with Crippen LogP contribution in [-0.2, 0) is 4.79 Å². The van der Waals surface area contributed by atoms with Crippen molar-refractivity contribution < 1.29 is 14.3 Å². The molecule has 0 aliphatic carbocycles. The summed E-state index contributed by atoms with van der Waals surface area (Å²) in [6.45, 7) is 3.15. The van der Waals surface area contributed by atoms with Crippen molar-refractivity contribution in [3.8, 4) is 11.5 Å². The van der Waals surface area contributed by atoms with Gasteiger partial charge in [0.15, 0.2) is 0 Å². The van der Waals surface area contributed by atoms with E-state index in [2.05, 4.69) is 12.2 Å². The Kier molecular flexibility index (Phi) is 6.70. The zero-order valence-corrected chi connectivity index (χ0v) is 12.7. The van der Waals surface area contributed by atoms with Crippen molar-refractivity contribution in [2.24, 2.45) is 0 Å². The van der Waals surface area contributed by atoms with Crippen molar-refractivity contribution in [3.05, 3.63) is 18.2 Å². The van der Waals surface area contributed by atoms with Crippen LogP contribution < -0.4 is 14.8 Å². The standard InChI is InChI=1S/C15H24N2O3/c1-5-6-9-17(2)15(18)11-16-13-8-7-12(19-3)10-14(13)20-4/h7-8,10,16H,5-6,9,11H2,1-4H3. The number of carbonyl (C=O) groups is 1. The summed E-state index contributed by atoms with van der Waals surface area (Å²) in [5.74, 6) is 1.45. The van der Waals surface area contributed by atoms with E-state index in [9.17, 15) is 4.79 Å². The smallest absolute Gasteiger partial charge is 0.241 e. The minimum Gasteiger partial charge on any atom is -0.497 e. The van der Waals surface area contributed by atoms with Crippen LogP contribution in [0, 0.1) is 0 Å². The fourth-order valence-electron chi connectivity index (χ4n) is 1.77. The molecule has 0 spiro atoms. The molecule has 1 N–H and O–H groups in total. The lowest BCUT2D eigenvalue weighted by molar-refractivity contribution is -0.128. The molecule has 0 aromatic heterocycles. The highest BCUT2D eigenvalue weighted by Crippen LogP contribution is 2.28. The quantitative estimate of drug-likeness (QED) is 0.794. The summed E-state index contributed by atoms with van der Waals surface area (Å²) in [5, 5.41) is 3.10. The minimum absolute atomic E-state index is 0.0660. The number of nitrogens with zero attached hydrogens (tertiary/aromatic N) is 1. The number of ether oxygens (including phenoxy) is 2. The first-order valence-electron chi connectivity index (χ1n) is 6.82. The maximum absolute atomic E-state index is 11.9. The van der Waals surface area contributed by atoms with Gasteiger partial charge in [-0.2, -0.15) is 0 Å². The largest absolute Gasteiger partial charge is 0.497 e. The van der Waals surface area contributed by atoms with Gasteiger partial charge in [-0.3, -0.25) is 4.79 Å². The van der Waals surface area contributed by atoms with Crippen molar-refractivity contribution in [2.45, 2.75) is 19.8 Å². The maximum Gasteiger partial charge on any atom is 0.241 e. The molecular weight excluding hydrogens is 256 g/mol. The van der Waals surface area contributed by atoms with Crippen LogP contribution in [-0.4, -0.2) is 45.2 Å². The van der Waals surface area contributed by atoms with E-state index in [-0.39, 0.29) is 12.5 Å². The van der Waals surface area contributed by atoms with Gasteiger partial charge in [-0.1, -0.05) is 13.3 Å². The van der Waals surface area contributed by atoms with E-state index in [1.165, 1.54) is 0 Å². The van der Waals surface area contributed by atoms with Crippen molar-refractivity contribution in [3.63, 3.8) is 0 Å². The van der Waals surface area contributed by atoms with Gasteiger partial charge in [0.25, 0.3) is 0 Å². The second kappa shape index (κ2) is 8.30. The summed E-state index contributed by atoms with van der Waals surface area (Å²) in [7, 11) is 5.02. The number of unbranched alkanes of at least 4 members (excludes halogenated alkanes) is 1. The van der Waals surface area contributed by atoms with E-state index in [4.69, 9.17) is 9.47 Å². The first kappa shape index (κ1) is 16.1. The summed E-state index contributed by atoms with van der Waals surface area (Å²) in [6, 6.07) is 5.46. The average Bonchev–Trinajstić information content (AvgIpc) is 2.49. The summed E-state index contributed by atoms with van der Waals surface area (Å²) in [5.41, 5.74) is 0.783. The number of benzene rings is 1. The normalized spacial score (nSPS) is 10.0. The number of anilines is 1. The van der Waals surface area contributed by atoms with E-state index in [0.717, 1.165) is 30.8 Å². The van der Waals surface area contributed by atoms with Gasteiger partial charge >= 0.3 is 0 Å². The molecule has 1 aromatic carbocycles. The molecule has 5 heteroatoms. The van der Waals surface area contributed by atoms with Crippen molar-refractivity contribution >= 4 is 11.6 Å². The summed E-state index contributed by atoms with van der Waals surface area (Å²) < 4.78 is 10.4. The molecule has 0 aliphatic rings. The highest BCUT2D eigenvalue weighted by Gasteiger charge is 2.10. The molecule has 112 valence electrons. The number of nitrogens with one attached hydrogen (secondary N) is 1. The number of likely N-dealkylation sites (N-methyl/N-ethyl adjacent to an activating group) is 1. The number of hydrogen-bond acceptors (Lipinski definition) is 4. The van der Waals surface area contributed by atoms with Gasteiger partial charge in [0.2, 0.25) is 5.91 Å². The van der Waals surface area contributed by atoms with Crippen LogP contribution in [0.2, 0.25) is 0 Å². The van der Waals surface area contributed by atoms with E-state index < -0.39 is 0 Å². The van der Waals surface area contributed by atoms with Crippen molar-refractivity contribution in [2.75, 3.05) is 39.7 Å². The van der Waals surface area contributed by atoms with E-state index >= 15 is 0 Å². The Morgan fingerprint density at radius 2 is 2.05 bits per heavy atom. The van der Waals surface area contributed by atoms with Crippen molar-refractivity contribution in [1.29, 1.82) is 0 Å². The lowest BCUT2D eigenvalue weighted by atomic mass is 10.2. The molecule has 0 unspecified atom stereocenters. The van der Waals surface area contributed by atoms with Crippen molar-refractivity contribution in [1.82, 2.24) is 4.90 Å². The Morgan fingerprint density at radius 3 is 2.65 bits per heavy atom. The number of carbonyl (C=O) groups excluding carboxylic acids is 1. The summed E-state index contributed by atoms with van der Waals surface area (Å²) in [4.78, 5) is 13.7. The average molecular weight is 280 g/mol. The second-order valence-corrected chi connectivity index (χ2v) is 4.59.